The van der Waals surface area contributed by atoms with E-state index in [0.29, 0.717) is 10.8 Å². The van der Waals surface area contributed by atoms with Crippen LogP contribution in [-0.4, -0.2) is 0 Å². The summed E-state index contributed by atoms with van der Waals surface area (Å²) < 4.78 is 0. The quantitative estimate of drug-likeness (QED) is 0.233. The van der Waals surface area contributed by atoms with E-state index in [4.69, 9.17) is 0 Å². The molecular weight excluding hydrogens is 384 g/mol. The monoisotopic (exact) mass is 449 g/mol. The first-order chi connectivity index (χ1) is 14.8. The van der Waals surface area contributed by atoms with E-state index >= 15 is 0 Å². The molecule has 0 N–H and O–H groups in total. The van der Waals surface area contributed by atoms with E-state index in [2.05, 4.69) is 96.9 Å². The van der Waals surface area contributed by atoms with Crippen molar-refractivity contribution in [1.82, 2.24) is 0 Å². The van der Waals surface area contributed by atoms with E-state index in [0.717, 1.165) is 59.2 Å². The molecule has 1 rings (SSSR count). The first kappa shape index (κ1) is 30.0. The average molecular weight is 449 g/mol. The molecule has 0 heteroatoms. The van der Waals surface area contributed by atoms with Gasteiger partial charge in [-0.1, -0.05) is 123 Å². The van der Waals surface area contributed by atoms with Gasteiger partial charge in [0.25, 0.3) is 0 Å². The molecule has 32 heavy (non-hydrogen) atoms. The molecule has 0 bridgehead atoms. The molecule has 10 atom stereocenters. The Morgan fingerprint density at radius 2 is 1.31 bits per heavy atom. The summed E-state index contributed by atoms with van der Waals surface area (Å²) in [7, 11) is 0. The first-order valence-corrected chi connectivity index (χ1v) is 14.8. The molecule has 0 amide bonds. The van der Waals surface area contributed by atoms with Gasteiger partial charge in [-0.05, 0) is 82.9 Å². The fraction of sp³-hybridized carbons (Fsp3) is 1.00. The van der Waals surface area contributed by atoms with Crippen molar-refractivity contribution < 1.29 is 0 Å². The Morgan fingerprint density at radius 1 is 0.781 bits per heavy atom. The van der Waals surface area contributed by atoms with Gasteiger partial charge in [0, 0.05) is 0 Å². The molecule has 1 aliphatic rings. The first-order valence-electron chi connectivity index (χ1n) is 14.8. The molecule has 0 saturated heterocycles. The summed E-state index contributed by atoms with van der Waals surface area (Å²) >= 11 is 0. The maximum atomic E-state index is 2.72. The van der Waals surface area contributed by atoms with Crippen LogP contribution in [-0.2, 0) is 0 Å². The summed E-state index contributed by atoms with van der Waals surface area (Å²) in [5.41, 5.74) is 0.947. The molecule has 0 spiro atoms. The van der Waals surface area contributed by atoms with Gasteiger partial charge in [0.15, 0.2) is 0 Å². The molecule has 1 saturated carbocycles. The van der Waals surface area contributed by atoms with Gasteiger partial charge < -0.3 is 0 Å². The molecule has 0 aliphatic heterocycles. The fourth-order valence-corrected chi connectivity index (χ4v) is 8.49. The molecule has 1 aliphatic carbocycles. The van der Waals surface area contributed by atoms with E-state index in [9.17, 15) is 0 Å². The third-order valence-corrected chi connectivity index (χ3v) is 11.8. The smallest absolute Gasteiger partial charge is 0.0238 e. The lowest BCUT2D eigenvalue weighted by Gasteiger charge is -2.51. The van der Waals surface area contributed by atoms with Crippen molar-refractivity contribution >= 4 is 0 Å². The van der Waals surface area contributed by atoms with Crippen molar-refractivity contribution in [3.05, 3.63) is 0 Å². The topological polar surface area (TPSA) is 0 Å². The van der Waals surface area contributed by atoms with Crippen LogP contribution in [0.1, 0.15) is 135 Å². The van der Waals surface area contributed by atoms with E-state index in [-0.39, 0.29) is 0 Å². The SMILES string of the molecule is CCC(C)CC(C)(C(C)C(C)C(C)C(CC)CC)C(CC)C(C)C1(C)C(C)C1CC(C)C. The van der Waals surface area contributed by atoms with Gasteiger partial charge in [-0.25, -0.2) is 0 Å². The standard InChI is InChI=1S/C32H64/c1-15-22(7)20-31(13,25(10)23(8)24(9)28(16-2)17-3)29(18-4)26(11)32(14)27(12)30(32)19-21(5)6/h21-30H,15-20H2,1-14H3. The Balaban J connectivity index is 3.31. The summed E-state index contributed by atoms with van der Waals surface area (Å²) in [6, 6.07) is 0. The Labute approximate surface area is 205 Å². The summed E-state index contributed by atoms with van der Waals surface area (Å²) in [5, 5.41) is 0. The van der Waals surface area contributed by atoms with Gasteiger partial charge in [0.1, 0.15) is 0 Å². The van der Waals surface area contributed by atoms with Gasteiger partial charge >= 0.3 is 0 Å². The second kappa shape index (κ2) is 12.1. The predicted octanol–water partition coefficient (Wildman–Crippen LogP) is 10.8. The van der Waals surface area contributed by atoms with Crippen LogP contribution in [0.25, 0.3) is 0 Å². The van der Waals surface area contributed by atoms with Gasteiger partial charge in [-0.2, -0.15) is 0 Å². The van der Waals surface area contributed by atoms with Crippen LogP contribution >= 0.6 is 0 Å². The van der Waals surface area contributed by atoms with E-state index in [1.54, 1.807) is 0 Å². The molecule has 10 unspecified atom stereocenters. The Bertz CT molecular complexity index is 530. The summed E-state index contributed by atoms with van der Waals surface area (Å²) in [4.78, 5) is 0. The average Bonchev–Trinajstić information content (AvgIpc) is 3.27. The molecule has 192 valence electrons. The van der Waals surface area contributed by atoms with Gasteiger partial charge in [-0.3, -0.25) is 0 Å². The summed E-state index contributed by atoms with van der Waals surface area (Å²) in [6.45, 7) is 35.5. The fourth-order valence-electron chi connectivity index (χ4n) is 8.49. The zero-order valence-corrected chi connectivity index (χ0v) is 25.0. The normalized spacial score (nSPS) is 31.1. The van der Waals surface area contributed by atoms with Gasteiger partial charge in [0.2, 0.25) is 0 Å². The maximum Gasteiger partial charge on any atom is -0.0238 e. The lowest BCUT2D eigenvalue weighted by atomic mass is 9.53. The lowest BCUT2D eigenvalue weighted by Crippen LogP contribution is -2.45. The van der Waals surface area contributed by atoms with E-state index in [1.807, 2.05) is 0 Å². The van der Waals surface area contributed by atoms with Crippen molar-refractivity contribution in [1.29, 1.82) is 0 Å². The Hall–Kier alpha value is 0. The molecule has 0 aromatic rings. The number of hydrogen-bond acceptors (Lipinski definition) is 0. The third-order valence-electron chi connectivity index (χ3n) is 11.8. The Kier molecular flexibility index (Phi) is 11.4. The van der Waals surface area contributed by atoms with Crippen LogP contribution in [0.4, 0.5) is 0 Å². The minimum absolute atomic E-state index is 0.414. The maximum absolute atomic E-state index is 2.72. The molecule has 0 heterocycles. The summed E-state index contributed by atoms with van der Waals surface area (Å²) in [5.74, 6) is 8.30. The zero-order valence-electron chi connectivity index (χ0n) is 25.0. The summed E-state index contributed by atoms with van der Waals surface area (Å²) in [6.07, 6.45) is 8.12. The van der Waals surface area contributed by atoms with Crippen molar-refractivity contribution in [2.45, 2.75) is 135 Å². The highest BCUT2D eigenvalue weighted by molar-refractivity contribution is 5.11. The van der Waals surface area contributed by atoms with Crippen LogP contribution in [0.3, 0.4) is 0 Å². The van der Waals surface area contributed by atoms with Crippen molar-refractivity contribution in [3.8, 4) is 0 Å². The molecule has 0 radical (unpaired) electrons. The minimum Gasteiger partial charge on any atom is -0.0651 e. The van der Waals surface area contributed by atoms with Crippen LogP contribution in [0.2, 0.25) is 0 Å². The second-order valence-corrected chi connectivity index (χ2v) is 13.5. The largest absolute Gasteiger partial charge is 0.0651 e. The van der Waals surface area contributed by atoms with Crippen LogP contribution in [0, 0.1) is 70.0 Å². The zero-order chi connectivity index (χ0) is 25.0. The van der Waals surface area contributed by atoms with Crippen molar-refractivity contribution in [2.24, 2.45) is 70.0 Å². The molecule has 0 nitrogen and oxygen atoms in total. The van der Waals surface area contributed by atoms with Crippen LogP contribution in [0.5, 0.6) is 0 Å². The highest BCUT2D eigenvalue weighted by Gasteiger charge is 2.63. The van der Waals surface area contributed by atoms with Gasteiger partial charge in [-0.15, -0.1) is 0 Å². The van der Waals surface area contributed by atoms with Crippen molar-refractivity contribution in [3.63, 3.8) is 0 Å². The van der Waals surface area contributed by atoms with E-state index < -0.39 is 0 Å². The second-order valence-electron chi connectivity index (χ2n) is 13.5. The molecule has 0 aromatic carbocycles. The van der Waals surface area contributed by atoms with Crippen molar-refractivity contribution in [2.75, 3.05) is 0 Å². The molecule has 0 aromatic heterocycles. The highest BCUT2D eigenvalue weighted by Crippen LogP contribution is 2.69. The number of hydrogen-bond donors (Lipinski definition) is 0. The Morgan fingerprint density at radius 3 is 1.72 bits per heavy atom. The predicted molar refractivity (Wildman–Crippen MR) is 147 cm³/mol. The minimum atomic E-state index is 0.414. The highest BCUT2D eigenvalue weighted by atomic mass is 14.7. The lowest BCUT2D eigenvalue weighted by molar-refractivity contribution is -0.0288. The molecular formula is C32H64. The van der Waals surface area contributed by atoms with E-state index in [1.165, 1.54) is 38.5 Å². The molecule has 1 fully saturated rings. The van der Waals surface area contributed by atoms with Crippen LogP contribution in [0.15, 0.2) is 0 Å². The number of rotatable bonds is 15. The van der Waals surface area contributed by atoms with Gasteiger partial charge in [0.05, 0.1) is 0 Å². The van der Waals surface area contributed by atoms with Crippen LogP contribution < -0.4 is 0 Å². The third kappa shape index (κ3) is 5.97.